The van der Waals surface area contributed by atoms with E-state index in [-0.39, 0.29) is 11.5 Å². The first-order chi connectivity index (χ1) is 12.0. The second-order valence-electron chi connectivity index (χ2n) is 5.79. The number of unbranched alkanes of at least 4 members (excludes halogenated alkanes) is 1. The maximum atomic E-state index is 12.7. The van der Waals surface area contributed by atoms with Crippen molar-refractivity contribution in [2.24, 2.45) is 0 Å². The zero-order valence-corrected chi connectivity index (χ0v) is 16.4. The van der Waals surface area contributed by atoms with Gasteiger partial charge in [-0.15, -0.1) is 11.3 Å². The predicted molar refractivity (Wildman–Crippen MR) is 106 cm³/mol. The van der Waals surface area contributed by atoms with Crippen LogP contribution in [0.25, 0.3) is 10.2 Å². The Morgan fingerprint density at radius 1 is 1.32 bits per heavy atom. The van der Waals surface area contributed by atoms with E-state index in [0.29, 0.717) is 32.9 Å². The third kappa shape index (κ3) is 3.67. The molecule has 25 heavy (non-hydrogen) atoms. The van der Waals surface area contributed by atoms with E-state index in [1.54, 1.807) is 10.9 Å². The molecule has 1 aromatic carbocycles. The number of amides is 1. The van der Waals surface area contributed by atoms with Crippen LogP contribution in [-0.4, -0.2) is 15.5 Å². The van der Waals surface area contributed by atoms with Crippen molar-refractivity contribution in [2.45, 2.75) is 33.2 Å². The summed E-state index contributed by atoms with van der Waals surface area (Å²) in [6, 6.07) is 7.37. The van der Waals surface area contributed by atoms with Crippen LogP contribution in [0, 0.1) is 6.92 Å². The first-order valence-corrected chi connectivity index (χ1v) is 9.67. The molecule has 0 aliphatic rings. The van der Waals surface area contributed by atoms with Gasteiger partial charge in [0.1, 0.15) is 4.83 Å². The van der Waals surface area contributed by atoms with Crippen LogP contribution in [0.5, 0.6) is 0 Å². The van der Waals surface area contributed by atoms with Gasteiger partial charge in [-0.05, 0) is 43.2 Å². The quantitative estimate of drug-likeness (QED) is 0.657. The molecule has 0 spiro atoms. The smallest absolute Gasteiger partial charge is 0.266 e. The van der Waals surface area contributed by atoms with Gasteiger partial charge in [-0.2, -0.15) is 0 Å². The fourth-order valence-electron chi connectivity index (χ4n) is 2.58. The molecule has 0 fully saturated rings. The summed E-state index contributed by atoms with van der Waals surface area (Å²) in [5.74, 6) is -0.220. The van der Waals surface area contributed by atoms with Crippen molar-refractivity contribution in [1.82, 2.24) is 9.55 Å². The molecule has 0 aliphatic carbocycles. The Balaban J connectivity index is 1.95. The molecule has 5 nitrogen and oxygen atoms in total. The molecule has 0 aliphatic heterocycles. The predicted octanol–water partition coefficient (Wildman–Crippen LogP) is 4.58. The molecule has 2 aromatic heterocycles. The first kappa shape index (κ1) is 17.8. The molecule has 0 atom stereocenters. The number of thiophene rings is 1. The monoisotopic (exact) mass is 419 g/mol. The number of halogens is 1. The van der Waals surface area contributed by atoms with Crippen molar-refractivity contribution in [1.29, 1.82) is 0 Å². The van der Waals surface area contributed by atoms with Crippen LogP contribution < -0.4 is 10.9 Å². The lowest BCUT2D eigenvalue weighted by Crippen LogP contribution is -2.20. The number of carbonyl (C=O) groups is 1. The molecule has 0 radical (unpaired) electrons. The Kier molecular flexibility index (Phi) is 5.34. The van der Waals surface area contributed by atoms with Crippen LogP contribution in [-0.2, 0) is 6.54 Å². The Morgan fingerprint density at radius 3 is 2.72 bits per heavy atom. The number of hydrogen-bond donors (Lipinski definition) is 1. The summed E-state index contributed by atoms with van der Waals surface area (Å²) in [6.45, 7) is 4.54. The third-order valence-corrected chi connectivity index (χ3v) is 5.71. The van der Waals surface area contributed by atoms with Crippen LogP contribution in [0.15, 0.2) is 39.9 Å². The topological polar surface area (TPSA) is 64.0 Å². The minimum Gasteiger partial charge on any atom is -0.321 e. The Morgan fingerprint density at radius 2 is 2.04 bits per heavy atom. The summed E-state index contributed by atoms with van der Waals surface area (Å²) in [5, 5.41) is 3.42. The summed E-state index contributed by atoms with van der Waals surface area (Å²) in [4.78, 5) is 30.8. The second kappa shape index (κ2) is 7.49. The minimum absolute atomic E-state index is 0.0742. The number of fused-ring (bicyclic) bond motifs is 1. The Bertz CT molecular complexity index is 976. The SMILES string of the molecule is CCCCn1cnc2sc(C(=O)Nc3ccc(Br)cc3)c(C)c2c1=O. The lowest BCUT2D eigenvalue weighted by molar-refractivity contribution is 0.103. The summed E-state index contributed by atoms with van der Waals surface area (Å²) in [6.07, 6.45) is 3.51. The van der Waals surface area contributed by atoms with Crippen molar-refractivity contribution in [2.75, 3.05) is 5.32 Å². The first-order valence-electron chi connectivity index (χ1n) is 8.06. The fraction of sp³-hybridized carbons (Fsp3) is 0.278. The van der Waals surface area contributed by atoms with Gasteiger partial charge in [-0.1, -0.05) is 29.3 Å². The zero-order chi connectivity index (χ0) is 18.0. The summed E-state index contributed by atoms with van der Waals surface area (Å²) >= 11 is 4.62. The van der Waals surface area contributed by atoms with Crippen molar-refractivity contribution < 1.29 is 4.79 Å². The number of hydrogen-bond acceptors (Lipinski definition) is 4. The van der Waals surface area contributed by atoms with Crippen molar-refractivity contribution in [3.05, 3.63) is 55.9 Å². The largest absolute Gasteiger partial charge is 0.321 e. The Labute approximate surface area is 157 Å². The highest BCUT2D eigenvalue weighted by Gasteiger charge is 2.19. The second-order valence-corrected chi connectivity index (χ2v) is 7.71. The maximum absolute atomic E-state index is 12.7. The molecular formula is C18H18BrN3O2S. The number of aromatic nitrogens is 2. The van der Waals surface area contributed by atoms with Gasteiger partial charge in [0.2, 0.25) is 0 Å². The number of nitrogens with zero attached hydrogens (tertiary/aromatic N) is 2. The fourth-order valence-corrected chi connectivity index (χ4v) is 3.88. The third-order valence-electron chi connectivity index (χ3n) is 3.98. The number of rotatable bonds is 5. The highest BCUT2D eigenvalue weighted by Crippen LogP contribution is 2.27. The van der Waals surface area contributed by atoms with Gasteiger partial charge in [-0.25, -0.2) is 4.98 Å². The van der Waals surface area contributed by atoms with E-state index in [9.17, 15) is 9.59 Å². The molecule has 1 amide bonds. The van der Waals surface area contributed by atoms with Crippen molar-refractivity contribution >= 4 is 49.1 Å². The summed E-state index contributed by atoms with van der Waals surface area (Å²) in [7, 11) is 0. The van der Waals surface area contributed by atoms with Crippen molar-refractivity contribution in [3.8, 4) is 0 Å². The number of aryl methyl sites for hydroxylation is 2. The molecule has 1 N–H and O–H groups in total. The molecule has 3 rings (SSSR count). The van der Waals surface area contributed by atoms with E-state index >= 15 is 0 Å². The van der Waals surface area contributed by atoms with E-state index in [1.165, 1.54) is 11.3 Å². The van der Waals surface area contributed by atoms with Crippen LogP contribution in [0.1, 0.15) is 35.0 Å². The highest BCUT2D eigenvalue weighted by molar-refractivity contribution is 9.10. The highest BCUT2D eigenvalue weighted by atomic mass is 79.9. The molecule has 7 heteroatoms. The standard InChI is InChI=1S/C18H18BrN3O2S/c1-3-4-9-22-10-20-17-14(18(22)24)11(2)15(25-17)16(23)21-13-7-5-12(19)6-8-13/h5-8,10H,3-4,9H2,1-2H3,(H,21,23). The zero-order valence-electron chi connectivity index (χ0n) is 14.0. The molecule has 0 saturated heterocycles. The van der Waals surface area contributed by atoms with Gasteiger partial charge < -0.3 is 5.32 Å². The molecule has 0 saturated carbocycles. The molecule has 3 aromatic rings. The summed E-state index contributed by atoms with van der Waals surface area (Å²) in [5.41, 5.74) is 1.33. The van der Waals surface area contributed by atoms with E-state index in [1.807, 2.05) is 31.2 Å². The van der Waals surface area contributed by atoms with Gasteiger partial charge in [-0.3, -0.25) is 14.2 Å². The van der Waals surface area contributed by atoms with Crippen LogP contribution in [0.2, 0.25) is 0 Å². The van der Waals surface area contributed by atoms with E-state index in [4.69, 9.17) is 0 Å². The number of nitrogens with one attached hydrogen (secondary N) is 1. The average molecular weight is 420 g/mol. The van der Waals surface area contributed by atoms with Crippen molar-refractivity contribution in [3.63, 3.8) is 0 Å². The van der Waals surface area contributed by atoms with E-state index < -0.39 is 0 Å². The van der Waals surface area contributed by atoms with Crippen LogP contribution in [0.4, 0.5) is 5.69 Å². The van der Waals surface area contributed by atoms with Gasteiger partial charge in [0.15, 0.2) is 0 Å². The van der Waals surface area contributed by atoms with Gasteiger partial charge in [0.25, 0.3) is 11.5 Å². The lowest BCUT2D eigenvalue weighted by Gasteiger charge is -2.05. The maximum Gasteiger partial charge on any atom is 0.266 e. The Hall–Kier alpha value is -1.99. The van der Waals surface area contributed by atoms with Gasteiger partial charge in [0, 0.05) is 16.7 Å². The number of anilines is 1. The average Bonchev–Trinajstić information content (AvgIpc) is 2.94. The number of carbonyl (C=O) groups excluding carboxylic acids is 1. The van der Waals surface area contributed by atoms with Gasteiger partial charge in [0.05, 0.1) is 16.6 Å². The van der Waals surface area contributed by atoms with E-state index in [0.717, 1.165) is 17.3 Å². The van der Waals surface area contributed by atoms with Crippen LogP contribution in [0.3, 0.4) is 0 Å². The normalized spacial score (nSPS) is 11.0. The summed E-state index contributed by atoms with van der Waals surface area (Å²) < 4.78 is 2.57. The van der Waals surface area contributed by atoms with Crippen LogP contribution >= 0.6 is 27.3 Å². The lowest BCUT2D eigenvalue weighted by atomic mass is 10.2. The number of benzene rings is 1. The molecule has 0 bridgehead atoms. The molecule has 130 valence electrons. The molecule has 0 unspecified atom stereocenters. The molecule has 2 heterocycles. The minimum atomic E-state index is -0.220. The van der Waals surface area contributed by atoms with Gasteiger partial charge >= 0.3 is 0 Å². The van der Waals surface area contributed by atoms with E-state index in [2.05, 4.69) is 33.2 Å². The molecular weight excluding hydrogens is 402 g/mol.